The van der Waals surface area contributed by atoms with Crippen molar-refractivity contribution in [3.8, 4) is 0 Å². The van der Waals surface area contributed by atoms with Gasteiger partial charge in [-0.05, 0) is 11.1 Å². The molecule has 0 saturated carbocycles. The second-order valence-corrected chi connectivity index (χ2v) is 5.08. The number of benzene rings is 2. The Morgan fingerprint density at radius 3 is 2.17 bits per heavy atom. The molecule has 0 atom stereocenters. The summed E-state index contributed by atoms with van der Waals surface area (Å²) < 4.78 is -1.30. The predicted octanol–water partition coefficient (Wildman–Crippen LogP) is 4.27. The molecule has 0 aliphatic carbocycles. The van der Waals surface area contributed by atoms with Gasteiger partial charge >= 0.3 is 0 Å². The number of rotatable bonds is 3. The average molecular weight is 282 g/mol. The van der Waals surface area contributed by atoms with Crippen molar-refractivity contribution in [2.24, 2.45) is 0 Å². The monoisotopic (exact) mass is 281 g/mol. The van der Waals surface area contributed by atoms with Crippen molar-refractivity contribution >= 4 is 28.9 Å². The van der Waals surface area contributed by atoms with Gasteiger partial charge in [-0.15, -0.1) is 0 Å². The van der Waals surface area contributed by atoms with E-state index in [1.165, 1.54) is 12.1 Å². The molecule has 18 heavy (non-hydrogen) atoms. The van der Waals surface area contributed by atoms with Gasteiger partial charge in [0.1, 0.15) is 0 Å². The van der Waals surface area contributed by atoms with Crippen LogP contribution in [0.3, 0.4) is 0 Å². The lowest BCUT2D eigenvalue weighted by Gasteiger charge is -2.20. The third-order valence-electron chi connectivity index (χ3n) is 2.56. The number of nitro benzene ring substituents is 1. The Bertz CT molecular complexity index is 570. The van der Waals surface area contributed by atoms with Crippen LogP contribution in [0.4, 0.5) is 5.69 Å². The highest BCUT2D eigenvalue weighted by atomic mass is 35.5. The van der Waals surface area contributed by atoms with E-state index in [1.54, 1.807) is 24.3 Å². The SMILES string of the molecule is O=[N+]([O-])c1cccc(C(Cl)(Cl)c2ccccc2)c1. The maximum Gasteiger partial charge on any atom is 0.269 e. The van der Waals surface area contributed by atoms with Crippen LogP contribution in [0.2, 0.25) is 0 Å². The standard InChI is InChI=1S/C13H9Cl2NO2/c14-13(15,10-5-2-1-3-6-10)11-7-4-8-12(9-11)16(17)18/h1-9H. The summed E-state index contributed by atoms with van der Waals surface area (Å²) in [4.78, 5) is 10.3. The summed E-state index contributed by atoms with van der Waals surface area (Å²) in [6.07, 6.45) is 0. The molecule has 0 aliphatic rings. The Kier molecular flexibility index (Phi) is 3.55. The van der Waals surface area contributed by atoms with Gasteiger partial charge in [0.2, 0.25) is 0 Å². The van der Waals surface area contributed by atoms with Crippen molar-refractivity contribution in [1.29, 1.82) is 0 Å². The average Bonchev–Trinajstić information content (AvgIpc) is 2.40. The first kappa shape index (κ1) is 12.9. The molecule has 2 aromatic rings. The van der Waals surface area contributed by atoms with E-state index in [-0.39, 0.29) is 5.69 Å². The molecular formula is C13H9Cl2NO2. The minimum absolute atomic E-state index is 0.0332. The molecule has 0 N–H and O–H groups in total. The van der Waals surface area contributed by atoms with E-state index >= 15 is 0 Å². The number of non-ortho nitro benzene ring substituents is 1. The highest BCUT2D eigenvalue weighted by Gasteiger charge is 2.30. The van der Waals surface area contributed by atoms with Crippen LogP contribution < -0.4 is 0 Å². The molecule has 0 unspecified atom stereocenters. The van der Waals surface area contributed by atoms with Gasteiger partial charge in [-0.25, -0.2) is 0 Å². The Morgan fingerprint density at radius 2 is 1.56 bits per heavy atom. The van der Waals surface area contributed by atoms with E-state index in [1.807, 2.05) is 18.2 Å². The normalized spacial score (nSPS) is 11.2. The maximum absolute atomic E-state index is 10.7. The van der Waals surface area contributed by atoms with Gasteiger partial charge < -0.3 is 0 Å². The Morgan fingerprint density at radius 1 is 0.944 bits per heavy atom. The van der Waals surface area contributed by atoms with Crippen molar-refractivity contribution in [3.05, 3.63) is 75.8 Å². The Labute approximate surface area is 114 Å². The fraction of sp³-hybridized carbons (Fsp3) is 0.0769. The van der Waals surface area contributed by atoms with Crippen molar-refractivity contribution < 1.29 is 4.92 Å². The zero-order chi connectivity index (χ0) is 13.2. The summed E-state index contributed by atoms with van der Waals surface area (Å²) in [5.41, 5.74) is 1.12. The summed E-state index contributed by atoms with van der Waals surface area (Å²) in [5.74, 6) is 0. The lowest BCUT2D eigenvalue weighted by atomic mass is 10.0. The van der Waals surface area contributed by atoms with Crippen molar-refractivity contribution in [2.45, 2.75) is 4.33 Å². The molecule has 2 rings (SSSR count). The van der Waals surface area contributed by atoms with Crippen LogP contribution in [-0.2, 0) is 4.33 Å². The van der Waals surface area contributed by atoms with E-state index < -0.39 is 9.26 Å². The highest BCUT2D eigenvalue weighted by molar-refractivity contribution is 6.50. The topological polar surface area (TPSA) is 43.1 Å². The van der Waals surface area contributed by atoms with Crippen LogP contribution in [-0.4, -0.2) is 4.92 Å². The summed E-state index contributed by atoms with van der Waals surface area (Å²) in [6.45, 7) is 0. The summed E-state index contributed by atoms with van der Waals surface area (Å²) in [6, 6.07) is 15.0. The van der Waals surface area contributed by atoms with Crippen LogP contribution >= 0.6 is 23.2 Å². The molecule has 5 heteroatoms. The number of halogens is 2. The Hall–Kier alpha value is -1.58. The molecule has 0 amide bonds. The van der Waals surface area contributed by atoms with Crippen LogP contribution in [0.1, 0.15) is 11.1 Å². The summed E-state index contributed by atoms with van der Waals surface area (Å²) in [7, 11) is 0. The molecule has 0 spiro atoms. The molecule has 0 saturated heterocycles. The molecule has 0 fully saturated rings. The first-order valence-electron chi connectivity index (χ1n) is 5.20. The molecule has 3 nitrogen and oxygen atoms in total. The van der Waals surface area contributed by atoms with Crippen LogP contribution in [0.25, 0.3) is 0 Å². The zero-order valence-electron chi connectivity index (χ0n) is 9.22. The third-order valence-corrected chi connectivity index (χ3v) is 3.43. The van der Waals surface area contributed by atoms with Gasteiger partial charge in [-0.2, -0.15) is 0 Å². The lowest BCUT2D eigenvalue weighted by Crippen LogP contribution is -2.12. The minimum atomic E-state index is -1.30. The summed E-state index contributed by atoms with van der Waals surface area (Å²) in [5, 5.41) is 10.7. The van der Waals surface area contributed by atoms with Gasteiger partial charge in [-0.1, -0.05) is 65.7 Å². The van der Waals surface area contributed by atoms with E-state index in [9.17, 15) is 10.1 Å². The highest BCUT2D eigenvalue weighted by Crippen LogP contribution is 2.41. The second-order valence-electron chi connectivity index (χ2n) is 3.75. The van der Waals surface area contributed by atoms with Crippen LogP contribution in [0, 0.1) is 10.1 Å². The first-order valence-corrected chi connectivity index (χ1v) is 5.95. The van der Waals surface area contributed by atoms with Gasteiger partial charge in [0.15, 0.2) is 4.33 Å². The lowest BCUT2D eigenvalue weighted by molar-refractivity contribution is -0.384. The molecule has 0 aliphatic heterocycles. The number of nitrogens with zero attached hydrogens (tertiary/aromatic N) is 1. The van der Waals surface area contributed by atoms with Crippen LogP contribution in [0.5, 0.6) is 0 Å². The Balaban J connectivity index is 2.47. The molecule has 0 radical (unpaired) electrons. The number of hydrogen-bond acceptors (Lipinski definition) is 2. The molecule has 0 bridgehead atoms. The number of nitro groups is 1. The summed E-state index contributed by atoms with van der Waals surface area (Å²) >= 11 is 12.6. The number of alkyl halides is 2. The molecular weight excluding hydrogens is 273 g/mol. The van der Waals surface area contributed by atoms with Crippen molar-refractivity contribution in [3.63, 3.8) is 0 Å². The largest absolute Gasteiger partial charge is 0.269 e. The zero-order valence-corrected chi connectivity index (χ0v) is 10.7. The minimum Gasteiger partial charge on any atom is -0.258 e. The fourth-order valence-electron chi connectivity index (χ4n) is 1.63. The smallest absolute Gasteiger partial charge is 0.258 e. The maximum atomic E-state index is 10.7. The van der Waals surface area contributed by atoms with Crippen molar-refractivity contribution in [1.82, 2.24) is 0 Å². The molecule has 92 valence electrons. The van der Waals surface area contributed by atoms with Gasteiger partial charge in [0.05, 0.1) is 4.92 Å². The van der Waals surface area contributed by atoms with Gasteiger partial charge in [0, 0.05) is 12.1 Å². The fourth-order valence-corrected chi connectivity index (χ4v) is 2.12. The van der Waals surface area contributed by atoms with E-state index in [4.69, 9.17) is 23.2 Å². The van der Waals surface area contributed by atoms with E-state index in [0.717, 1.165) is 0 Å². The second kappa shape index (κ2) is 4.96. The molecule has 2 aromatic carbocycles. The van der Waals surface area contributed by atoms with Crippen molar-refractivity contribution in [2.75, 3.05) is 0 Å². The van der Waals surface area contributed by atoms with E-state index in [0.29, 0.717) is 11.1 Å². The quantitative estimate of drug-likeness (QED) is 0.479. The van der Waals surface area contributed by atoms with E-state index in [2.05, 4.69) is 0 Å². The van der Waals surface area contributed by atoms with Gasteiger partial charge in [-0.3, -0.25) is 10.1 Å². The van der Waals surface area contributed by atoms with Gasteiger partial charge in [0.25, 0.3) is 5.69 Å². The first-order chi connectivity index (χ1) is 8.51. The van der Waals surface area contributed by atoms with Crippen LogP contribution in [0.15, 0.2) is 54.6 Å². The third kappa shape index (κ3) is 2.47. The predicted molar refractivity (Wildman–Crippen MR) is 72.0 cm³/mol. The number of hydrogen-bond donors (Lipinski definition) is 0. The molecule has 0 aromatic heterocycles. The molecule has 0 heterocycles.